The lowest BCUT2D eigenvalue weighted by Crippen LogP contribution is -2.35. The van der Waals surface area contributed by atoms with Crippen molar-refractivity contribution in [2.75, 3.05) is 29.9 Å². The Kier molecular flexibility index (Phi) is 8.07. The molecular formula is C22H29FN8O. The minimum absolute atomic E-state index is 0.0928. The van der Waals surface area contributed by atoms with Crippen molar-refractivity contribution in [2.24, 2.45) is 16.6 Å². The molecule has 1 saturated heterocycles. The smallest absolute Gasteiger partial charge is 0.320 e. The van der Waals surface area contributed by atoms with Gasteiger partial charge < -0.3 is 16.0 Å². The molecule has 1 fully saturated rings. The van der Waals surface area contributed by atoms with E-state index in [9.17, 15) is 9.18 Å². The monoisotopic (exact) mass is 440 g/mol. The van der Waals surface area contributed by atoms with Crippen LogP contribution in [-0.4, -0.2) is 46.8 Å². The van der Waals surface area contributed by atoms with Gasteiger partial charge in [0.15, 0.2) is 17.5 Å². The number of amides is 2. The van der Waals surface area contributed by atoms with Gasteiger partial charge in [0.1, 0.15) is 6.33 Å². The second-order valence-electron chi connectivity index (χ2n) is 7.54. The summed E-state index contributed by atoms with van der Waals surface area (Å²) in [7, 11) is 0. The summed E-state index contributed by atoms with van der Waals surface area (Å²) < 4.78 is 14.8. The number of aryl methyl sites for hydroxylation is 1. The Hall–Kier alpha value is -3.56. The van der Waals surface area contributed by atoms with E-state index < -0.39 is 11.8 Å². The number of anilines is 2. The second kappa shape index (κ2) is 11.2. The lowest BCUT2D eigenvalue weighted by atomic mass is 9.91. The normalized spacial score (nSPS) is 14.9. The van der Waals surface area contributed by atoms with E-state index in [1.807, 2.05) is 19.1 Å². The number of aliphatic imine (C=N–C) groups is 1. The molecule has 0 unspecified atom stereocenters. The van der Waals surface area contributed by atoms with Crippen LogP contribution in [0.15, 0.2) is 35.7 Å². The zero-order valence-corrected chi connectivity index (χ0v) is 18.4. The van der Waals surface area contributed by atoms with Gasteiger partial charge in [-0.15, -0.1) is 0 Å². The Morgan fingerprint density at radius 3 is 2.81 bits per heavy atom. The molecule has 1 aliphatic rings. The van der Waals surface area contributed by atoms with E-state index in [1.165, 1.54) is 12.5 Å². The average Bonchev–Trinajstić information content (AvgIpc) is 2.78. The van der Waals surface area contributed by atoms with Crippen molar-refractivity contribution >= 4 is 29.6 Å². The maximum Gasteiger partial charge on any atom is 0.320 e. The third-order valence-corrected chi connectivity index (χ3v) is 5.32. The fourth-order valence-electron chi connectivity index (χ4n) is 3.72. The van der Waals surface area contributed by atoms with Crippen LogP contribution in [0.4, 0.5) is 26.5 Å². The number of nitrogens with zero attached hydrogens (tertiary/aromatic N) is 5. The fraction of sp³-hybridized carbons (Fsp3) is 0.409. The topological polar surface area (TPSA) is 121 Å². The van der Waals surface area contributed by atoms with Crippen molar-refractivity contribution in [1.29, 1.82) is 0 Å². The predicted octanol–water partition coefficient (Wildman–Crippen LogP) is 3.09. The minimum atomic E-state index is -0.568. The molecule has 170 valence electrons. The Balaban J connectivity index is 1.59. The highest BCUT2D eigenvalue weighted by Gasteiger charge is 2.24. The first-order valence-corrected chi connectivity index (χ1v) is 10.7. The Bertz CT molecular complexity index is 986. The number of hydrogen-bond donors (Lipinski definition) is 3. The van der Waals surface area contributed by atoms with Crippen LogP contribution in [0.5, 0.6) is 0 Å². The molecule has 1 aliphatic heterocycles. The number of halogens is 1. The molecule has 0 atom stereocenters. The van der Waals surface area contributed by atoms with Gasteiger partial charge in [0, 0.05) is 25.8 Å². The maximum absolute atomic E-state index is 14.8. The molecule has 0 saturated carbocycles. The second-order valence-corrected chi connectivity index (χ2v) is 7.54. The van der Waals surface area contributed by atoms with Crippen molar-refractivity contribution < 1.29 is 9.18 Å². The van der Waals surface area contributed by atoms with Crippen LogP contribution in [0, 0.1) is 18.7 Å². The van der Waals surface area contributed by atoms with Crippen LogP contribution in [0.1, 0.15) is 31.2 Å². The van der Waals surface area contributed by atoms with Gasteiger partial charge in [-0.2, -0.15) is 0 Å². The van der Waals surface area contributed by atoms with E-state index in [-0.39, 0.29) is 5.82 Å². The van der Waals surface area contributed by atoms with Crippen LogP contribution in [0.2, 0.25) is 0 Å². The van der Waals surface area contributed by atoms with Crippen LogP contribution in [0.3, 0.4) is 0 Å². The van der Waals surface area contributed by atoms with Crippen molar-refractivity contribution in [3.63, 3.8) is 0 Å². The SMILES string of the molecule is CCNC(=O)Nc1ncnc(CC2CCN(c3ccc(N=C/C=C\N)nc3C)CC2)c1F. The summed E-state index contributed by atoms with van der Waals surface area (Å²) >= 11 is 0. The number of hydrogen-bond acceptors (Lipinski definition) is 7. The molecule has 2 amide bonds. The molecule has 9 nitrogen and oxygen atoms in total. The first-order valence-electron chi connectivity index (χ1n) is 10.7. The molecule has 0 spiro atoms. The molecule has 2 aromatic heterocycles. The van der Waals surface area contributed by atoms with Crippen LogP contribution < -0.4 is 21.3 Å². The molecular weight excluding hydrogens is 411 g/mol. The van der Waals surface area contributed by atoms with Gasteiger partial charge in [-0.25, -0.2) is 29.1 Å². The number of rotatable bonds is 7. The van der Waals surface area contributed by atoms with Gasteiger partial charge >= 0.3 is 6.03 Å². The number of urea groups is 1. The standard InChI is InChI=1S/C22H29FN8O/c1-3-25-22(32)30-21-20(23)17(27-14-28-21)13-16-7-11-31(12-8-16)18-5-6-19(29-15(18)2)26-10-4-9-24/h4-6,9-10,14,16H,3,7-8,11-13,24H2,1-2H3,(H2,25,27,28,30,32)/b9-4-,26-10?. The van der Waals surface area contributed by atoms with E-state index in [0.717, 1.165) is 37.3 Å². The predicted molar refractivity (Wildman–Crippen MR) is 124 cm³/mol. The molecule has 4 N–H and O–H groups in total. The van der Waals surface area contributed by atoms with Crippen LogP contribution in [-0.2, 0) is 6.42 Å². The van der Waals surface area contributed by atoms with Gasteiger partial charge in [0.2, 0.25) is 0 Å². The largest absolute Gasteiger partial charge is 0.405 e. The highest BCUT2D eigenvalue weighted by atomic mass is 19.1. The summed E-state index contributed by atoms with van der Waals surface area (Å²) in [6, 6.07) is 3.43. The molecule has 0 aromatic carbocycles. The van der Waals surface area contributed by atoms with Gasteiger partial charge in [0.05, 0.1) is 17.1 Å². The maximum atomic E-state index is 14.8. The van der Waals surface area contributed by atoms with Crippen molar-refractivity contribution in [1.82, 2.24) is 20.3 Å². The van der Waals surface area contributed by atoms with Crippen molar-refractivity contribution in [3.05, 3.63) is 47.9 Å². The fourth-order valence-corrected chi connectivity index (χ4v) is 3.72. The molecule has 10 heteroatoms. The van der Waals surface area contributed by atoms with E-state index in [4.69, 9.17) is 5.73 Å². The Labute approximate surface area is 187 Å². The number of pyridine rings is 1. The number of carbonyl (C=O) groups excluding carboxylic acids is 1. The van der Waals surface area contributed by atoms with Gasteiger partial charge in [-0.1, -0.05) is 0 Å². The van der Waals surface area contributed by atoms with Crippen LogP contribution >= 0.6 is 0 Å². The highest BCUT2D eigenvalue weighted by molar-refractivity contribution is 5.88. The molecule has 3 heterocycles. The number of nitrogens with two attached hydrogens (primary N) is 1. The van der Waals surface area contributed by atoms with E-state index in [1.54, 1.807) is 19.2 Å². The van der Waals surface area contributed by atoms with E-state index >= 15 is 0 Å². The summed E-state index contributed by atoms with van der Waals surface area (Å²) in [6.07, 6.45) is 8.28. The first kappa shape index (κ1) is 23.1. The lowest BCUT2D eigenvalue weighted by molar-refractivity contribution is 0.252. The van der Waals surface area contributed by atoms with Crippen LogP contribution in [0.25, 0.3) is 0 Å². The van der Waals surface area contributed by atoms with Gasteiger partial charge in [-0.05, 0) is 63.4 Å². The van der Waals surface area contributed by atoms with E-state index in [0.29, 0.717) is 30.4 Å². The summed E-state index contributed by atoms with van der Waals surface area (Å²) in [5.41, 5.74) is 7.63. The molecule has 0 bridgehead atoms. The summed E-state index contributed by atoms with van der Waals surface area (Å²) in [5.74, 6) is 0.273. The third-order valence-electron chi connectivity index (χ3n) is 5.32. The number of aromatic nitrogens is 3. The summed E-state index contributed by atoms with van der Waals surface area (Å²) in [6.45, 7) is 5.90. The molecule has 32 heavy (non-hydrogen) atoms. The minimum Gasteiger partial charge on any atom is -0.405 e. The first-order chi connectivity index (χ1) is 15.5. The summed E-state index contributed by atoms with van der Waals surface area (Å²) in [4.78, 5) is 30.7. The summed E-state index contributed by atoms with van der Waals surface area (Å²) in [5, 5.41) is 4.99. The lowest BCUT2D eigenvalue weighted by Gasteiger charge is -2.34. The zero-order chi connectivity index (χ0) is 22.9. The average molecular weight is 441 g/mol. The Morgan fingerprint density at radius 1 is 1.34 bits per heavy atom. The third kappa shape index (κ3) is 5.99. The van der Waals surface area contributed by atoms with Crippen molar-refractivity contribution in [3.8, 4) is 0 Å². The zero-order valence-electron chi connectivity index (χ0n) is 18.4. The number of allylic oxidation sites excluding steroid dienone is 1. The highest BCUT2D eigenvalue weighted by Crippen LogP contribution is 2.29. The molecule has 0 radical (unpaired) electrons. The number of piperidine rings is 1. The quantitative estimate of drug-likeness (QED) is 0.569. The number of carbonyl (C=O) groups is 1. The molecule has 3 rings (SSSR count). The molecule has 2 aromatic rings. The number of nitrogens with one attached hydrogen (secondary N) is 2. The molecule has 0 aliphatic carbocycles. The van der Waals surface area contributed by atoms with Crippen molar-refractivity contribution in [2.45, 2.75) is 33.1 Å². The Morgan fingerprint density at radius 2 is 2.12 bits per heavy atom. The van der Waals surface area contributed by atoms with Gasteiger partial charge in [-0.3, -0.25) is 5.32 Å². The van der Waals surface area contributed by atoms with E-state index in [2.05, 4.69) is 35.5 Å². The van der Waals surface area contributed by atoms with Gasteiger partial charge in [0.25, 0.3) is 0 Å².